The largest absolute Gasteiger partial charge is 0.316 e. The lowest BCUT2D eigenvalue weighted by Gasteiger charge is -2.02. The highest BCUT2D eigenvalue weighted by Gasteiger charge is 2.23. The van der Waals surface area contributed by atoms with Crippen molar-refractivity contribution in [3.8, 4) is 11.3 Å². The van der Waals surface area contributed by atoms with Gasteiger partial charge in [-0.1, -0.05) is 23.8 Å². The minimum Gasteiger partial charge on any atom is -0.316 e. The summed E-state index contributed by atoms with van der Waals surface area (Å²) >= 11 is 1.72. The first kappa shape index (κ1) is 11.6. The maximum absolute atomic E-state index is 4.74. The normalized spacial score (nSPS) is 12.1. The molecule has 4 heteroatoms. The molecule has 0 atom stereocenters. The molecule has 1 aromatic carbocycles. The Morgan fingerprint density at radius 1 is 1.20 bits per heavy atom. The van der Waals surface area contributed by atoms with Crippen LogP contribution in [-0.4, -0.2) is 9.97 Å². The van der Waals surface area contributed by atoms with Crippen LogP contribution in [0.2, 0.25) is 0 Å². The van der Waals surface area contributed by atoms with Gasteiger partial charge in [0.15, 0.2) is 5.13 Å². The lowest BCUT2D eigenvalue weighted by Crippen LogP contribution is -1.92. The minimum absolute atomic E-state index is 0.837. The zero-order valence-corrected chi connectivity index (χ0v) is 11.9. The molecule has 3 aromatic rings. The fraction of sp³-hybridized carbons (Fsp3) is 0.125. The molecule has 1 aliphatic carbocycles. The molecule has 0 radical (unpaired) electrons. The molecule has 0 saturated heterocycles. The summed E-state index contributed by atoms with van der Waals surface area (Å²) < 4.78 is 0. The fourth-order valence-electron chi connectivity index (χ4n) is 2.52. The maximum Gasteiger partial charge on any atom is 0.189 e. The van der Waals surface area contributed by atoms with Gasteiger partial charge >= 0.3 is 0 Å². The number of thiazole rings is 1. The van der Waals surface area contributed by atoms with Crippen LogP contribution in [0.5, 0.6) is 0 Å². The zero-order valence-electron chi connectivity index (χ0n) is 11.1. The Morgan fingerprint density at radius 2 is 2.15 bits per heavy atom. The van der Waals surface area contributed by atoms with E-state index in [1.807, 2.05) is 18.2 Å². The van der Waals surface area contributed by atoms with Gasteiger partial charge in [0.05, 0.1) is 5.69 Å². The van der Waals surface area contributed by atoms with Gasteiger partial charge in [-0.2, -0.15) is 0 Å². The number of benzene rings is 1. The summed E-state index contributed by atoms with van der Waals surface area (Å²) in [7, 11) is 0. The Hall–Kier alpha value is -2.20. The SMILES string of the molecule is Cc1ccc2c(c1)-c1nc(Nc3ccccn3)sc1C2. The number of fused-ring (bicyclic) bond motifs is 3. The van der Waals surface area contributed by atoms with E-state index in [0.717, 1.165) is 23.1 Å². The average Bonchev–Trinajstić information content (AvgIpc) is 2.97. The maximum atomic E-state index is 4.74. The number of aromatic nitrogens is 2. The van der Waals surface area contributed by atoms with E-state index in [1.54, 1.807) is 17.5 Å². The highest BCUT2D eigenvalue weighted by molar-refractivity contribution is 7.16. The van der Waals surface area contributed by atoms with E-state index in [4.69, 9.17) is 4.98 Å². The average molecular weight is 279 g/mol. The molecule has 0 unspecified atom stereocenters. The van der Waals surface area contributed by atoms with Gasteiger partial charge < -0.3 is 5.32 Å². The number of anilines is 2. The Balaban J connectivity index is 1.70. The molecule has 20 heavy (non-hydrogen) atoms. The molecule has 0 spiro atoms. The summed E-state index contributed by atoms with van der Waals surface area (Å²) in [6, 6.07) is 12.4. The molecule has 0 aliphatic heterocycles. The van der Waals surface area contributed by atoms with Crippen molar-refractivity contribution in [2.45, 2.75) is 13.3 Å². The first-order valence-electron chi connectivity index (χ1n) is 6.57. The lowest BCUT2D eigenvalue weighted by atomic mass is 10.1. The summed E-state index contributed by atoms with van der Waals surface area (Å²) in [4.78, 5) is 10.3. The number of rotatable bonds is 2. The number of nitrogens with one attached hydrogen (secondary N) is 1. The van der Waals surface area contributed by atoms with Gasteiger partial charge in [-0.25, -0.2) is 9.97 Å². The number of nitrogens with zero attached hydrogens (tertiary/aromatic N) is 2. The third kappa shape index (κ3) is 1.89. The van der Waals surface area contributed by atoms with Crippen LogP contribution >= 0.6 is 11.3 Å². The number of hydrogen-bond acceptors (Lipinski definition) is 4. The van der Waals surface area contributed by atoms with Crippen LogP contribution in [0.4, 0.5) is 10.9 Å². The molecule has 98 valence electrons. The summed E-state index contributed by atoms with van der Waals surface area (Å²) in [5.74, 6) is 0.837. The van der Waals surface area contributed by atoms with Crippen molar-refractivity contribution in [2.24, 2.45) is 0 Å². The molecule has 3 nitrogen and oxygen atoms in total. The van der Waals surface area contributed by atoms with Gasteiger partial charge in [-0.05, 0) is 30.7 Å². The van der Waals surface area contributed by atoms with Gasteiger partial charge in [-0.15, -0.1) is 11.3 Å². The molecule has 2 aromatic heterocycles. The van der Waals surface area contributed by atoms with Crippen LogP contribution < -0.4 is 5.32 Å². The van der Waals surface area contributed by atoms with Gasteiger partial charge in [0, 0.05) is 23.1 Å². The van der Waals surface area contributed by atoms with Crippen molar-refractivity contribution in [1.82, 2.24) is 9.97 Å². The molecule has 1 aliphatic rings. The van der Waals surface area contributed by atoms with Gasteiger partial charge in [0.1, 0.15) is 5.82 Å². The fourth-order valence-corrected chi connectivity index (χ4v) is 3.53. The van der Waals surface area contributed by atoms with Crippen LogP contribution in [0.3, 0.4) is 0 Å². The standard InChI is InChI=1S/C16H13N3S/c1-10-5-6-11-9-13-15(12(11)8-10)19-16(20-13)18-14-4-2-3-7-17-14/h2-8H,9H2,1H3,(H,17,18,19). The van der Waals surface area contributed by atoms with E-state index in [9.17, 15) is 0 Å². The molecule has 0 saturated carbocycles. The highest BCUT2D eigenvalue weighted by atomic mass is 32.1. The topological polar surface area (TPSA) is 37.8 Å². The smallest absolute Gasteiger partial charge is 0.189 e. The van der Waals surface area contributed by atoms with Gasteiger partial charge in [0.25, 0.3) is 0 Å². The molecule has 0 fully saturated rings. The monoisotopic (exact) mass is 279 g/mol. The molecule has 0 bridgehead atoms. The number of aryl methyl sites for hydroxylation is 1. The Morgan fingerprint density at radius 3 is 3.00 bits per heavy atom. The van der Waals surface area contributed by atoms with E-state index < -0.39 is 0 Å². The summed E-state index contributed by atoms with van der Waals surface area (Å²) in [6.07, 6.45) is 2.77. The van der Waals surface area contributed by atoms with Crippen molar-refractivity contribution in [3.05, 3.63) is 58.6 Å². The first-order valence-corrected chi connectivity index (χ1v) is 7.39. The van der Waals surface area contributed by atoms with E-state index in [0.29, 0.717) is 0 Å². The van der Waals surface area contributed by atoms with E-state index in [-0.39, 0.29) is 0 Å². The predicted octanol–water partition coefficient (Wildman–Crippen LogP) is 4.16. The van der Waals surface area contributed by atoms with Crippen LogP contribution in [-0.2, 0) is 6.42 Å². The Labute approximate surface area is 121 Å². The number of hydrogen-bond donors (Lipinski definition) is 1. The van der Waals surface area contributed by atoms with Crippen LogP contribution in [0, 0.1) is 6.92 Å². The lowest BCUT2D eigenvalue weighted by molar-refractivity contribution is 1.29. The summed E-state index contributed by atoms with van der Waals surface area (Å²) in [6.45, 7) is 2.12. The molecule has 1 N–H and O–H groups in total. The van der Waals surface area contributed by atoms with E-state index in [1.165, 1.54) is 21.6 Å². The van der Waals surface area contributed by atoms with Crippen molar-refractivity contribution in [3.63, 3.8) is 0 Å². The molecule has 2 heterocycles. The third-order valence-corrected chi connectivity index (χ3v) is 4.44. The molecular formula is C16H13N3S. The quantitative estimate of drug-likeness (QED) is 0.598. The highest BCUT2D eigenvalue weighted by Crippen LogP contribution is 2.41. The molecule has 0 amide bonds. The van der Waals surface area contributed by atoms with Gasteiger partial charge in [0.2, 0.25) is 0 Å². The zero-order chi connectivity index (χ0) is 13.5. The van der Waals surface area contributed by atoms with Crippen LogP contribution in [0.1, 0.15) is 16.0 Å². The molecular weight excluding hydrogens is 266 g/mol. The molecule has 4 rings (SSSR count). The van der Waals surface area contributed by atoms with Crippen molar-refractivity contribution in [2.75, 3.05) is 5.32 Å². The Kier molecular flexibility index (Phi) is 2.57. The van der Waals surface area contributed by atoms with E-state index in [2.05, 4.69) is 35.4 Å². The third-order valence-electron chi connectivity index (χ3n) is 3.47. The van der Waals surface area contributed by atoms with Crippen LogP contribution in [0.25, 0.3) is 11.3 Å². The van der Waals surface area contributed by atoms with Crippen molar-refractivity contribution in [1.29, 1.82) is 0 Å². The van der Waals surface area contributed by atoms with E-state index >= 15 is 0 Å². The number of pyridine rings is 1. The second-order valence-electron chi connectivity index (χ2n) is 4.97. The predicted molar refractivity (Wildman–Crippen MR) is 82.6 cm³/mol. The van der Waals surface area contributed by atoms with Crippen molar-refractivity contribution < 1.29 is 0 Å². The van der Waals surface area contributed by atoms with Crippen molar-refractivity contribution >= 4 is 22.3 Å². The first-order chi connectivity index (χ1) is 9.79. The van der Waals surface area contributed by atoms with Crippen LogP contribution in [0.15, 0.2) is 42.6 Å². The second-order valence-corrected chi connectivity index (χ2v) is 6.05. The van der Waals surface area contributed by atoms with Gasteiger partial charge in [-0.3, -0.25) is 0 Å². The Bertz CT molecular complexity index is 778. The summed E-state index contributed by atoms with van der Waals surface area (Å²) in [5.41, 5.74) is 5.08. The minimum atomic E-state index is 0.837. The second kappa shape index (κ2) is 4.42. The summed E-state index contributed by atoms with van der Waals surface area (Å²) in [5, 5.41) is 4.19.